The predicted molar refractivity (Wildman–Crippen MR) is 96.8 cm³/mol. The zero-order chi connectivity index (χ0) is 25.5. The summed E-state index contributed by atoms with van der Waals surface area (Å²) in [5.74, 6) is 0. The van der Waals surface area contributed by atoms with Crippen LogP contribution in [0.1, 0.15) is 41.5 Å². The van der Waals surface area contributed by atoms with Crippen molar-refractivity contribution in [1.82, 2.24) is 0 Å². The molecule has 0 aliphatic heterocycles. The Morgan fingerprint density at radius 1 is 0.312 bits per heavy atom. The number of nitrogens with zero attached hydrogens (tertiary/aromatic N) is 2. The monoisotopic (exact) mass is 1210 g/mol. The second-order valence-electron chi connectivity index (χ2n) is 3.79. The van der Waals surface area contributed by atoms with Crippen LogP contribution >= 0.6 is 0 Å². The van der Waals surface area contributed by atoms with E-state index < -0.39 is 37.7 Å². The van der Waals surface area contributed by atoms with Crippen LogP contribution in [0, 0.1) is 9.81 Å². The molecule has 16 nitrogen and oxygen atoms in total. The van der Waals surface area contributed by atoms with Gasteiger partial charge in [-0.1, -0.05) is 0 Å². The summed E-state index contributed by atoms with van der Waals surface area (Å²) in [6.07, 6.45) is -7.00. The third-order valence-electron chi connectivity index (χ3n) is 0. The van der Waals surface area contributed by atoms with Gasteiger partial charge in [-0.3, -0.25) is 0 Å². The Bertz CT molecular complexity index is 149. The minimum Gasteiger partial charge on any atom is -0.577 e. The van der Waals surface area contributed by atoms with Crippen molar-refractivity contribution in [2.75, 3.05) is 0 Å². The molecule has 0 fully saturated rings. The van der Waals surface area contributed by atoms with Crippen LogP contribution in [0.4, 0.5) is 0 Å². The summed E-state index contributed by atoms with van der Waals surface area (Å²) in [7, 11) is 0. The van der Waals surface area contributed by atoms with Crippen LogP contribution in [0.3, 0.4) is 0 Å². The quantitative estimate of drug-likeness (QED) is 0.105. The van der Waals surface area contributed by atoms with Gasteiger partial charge >= 0.3 is 0 Å². The smallest absolute Gasteiger partial charge is 0.148 e. The molecule has 0 atom stereocenters. The molecular weight excluding hydrogens is 1180 g/mol. The van der Waals surface area contributed by atoms with Gasteiger partial charge < -0.3 is 82.3 Å². The Labute approximate surface area is 244 Å². The van der Waals surface area contributed by atoms with E-state index in [1.807, 2.05) is 0 Å². The molecule has 0 radical (unpaired) electrons. The largest absolute Gasteiger partial charge is 0.577 e. The second-order valence-corrected chi connectivity index (χ2v) is 3.79. The van der Waals surface area contributed by atoms with Gasteiger partial charge in [-0.15, -0.1) is 0 Å². The zero-order valence-electron chi connectivity index (χ0n) is 17.8. The molecule has 32 heavy (non-hydrogen) atoms. The van der Waals surface area contributed by atoms with Crippen LogP contribution in [-0.4, -0.2) is 99.0 Å². The molecule has 0 amide bonds. The Kier molecular flexibility index (Phi) is 203. The van der Waals surface area contributed by atoms with Crippen LogP contribution < -0.4 is 0 Å². The third kappa shape index (κ3) is 13500. The van der Waals surface area contributed by atoms with Gasteiger partial charge in [-0.2, -0.15) is 0 Å². The first-order valence-corrected chi connectivity index (χ1v) is 6.93. The summed E-state index contributed by atoms with van der Waals surface area (Å²) >= 11 is 0. The SMILES string of the molecule is CC(O)O.CC(O)O.CC(O)O.CC(O)O.CC(O)O.CC(O)O.[N-]=O.[N-]=O.[Pt].[Pt].[Pt].[Pt]. The summed E-state index contributed by atoms with van der Waals surface area (Å²) < 4.78 is 0. The van der Waals surface area contributed by atoms with Crippen molar-refractivity contribution in [3.05, 3.63) is 21.0 Å². The van der Waals surface area contributed by atoms with Gasteiger partial charge in [-0.05, 0) is 41.5 Å². The average molecular weight is 1210 g/mol. The van der Waals surface area contributed by atoms with Gasteiger partial charge in [0.2, 0.25) is 0 Å². The Morgan fingerprint density at radius 3 is 0.312 bits per heavy atom. The first-order chi connectivity index (χ1) is 12.4. The van der Waals surface area contributed by atoms with E-state index in [1.54, 1.807) is 0 Å². The van der Waals surface area contributed by atoms with Crippen molar-refractivity contribution in [1.29, 1.82) is 0 Å². The molecule has 0 aromatic heterocycles. The molecule has 0 aliphatic carbocycles. The van der Waals surface area contributed by atoms with Crippen molar-refractivity contribution in [2.45, 2.75) is 79.3 Å². The average Bonchev–Trinajstić information content (AvgIpc) is 2.38. The van der Waals surface area contributed by atoms with E-state index >= 15 is 0 Å². The molecule has 220 valence electrons. The van der Waals surface area contributed by atoms with Crippen molar-refractivity contribution in [3.63, 3.8) is 0 Å². The van der Waals surface area contributed by atoms with Crippen LogP contribution in [0.2, 0.25) is 0 Å². The van der Waals surface area contributed by atoms with E-state index in [2.05, 4.69) is 0 Å². The molecular formula is C12H36N2O14Pt4-2. The summed E-state index contributed by atoms with van der Waals surface area (Å²) in [5.41, 5.74) is 11.5. The zero-order valence-corrected chi connectivity index (χ0v) is 26.9. The fourth-order valence-electron chi connectivity index (χ4n) is 0. The van der Waals surface area contributed by atoms with Gasteiger partial charge in [0.15, 0.2) is 0 Å². The minimum atomic E-state index is -1.17. The van der Waals surface area contributed by atoms with Crippen molar-refractivity contribution in [3.8, 4) is 0 Å². The van der Waals surface area contributed by atoms with Gasteiger partial charge in [0.25, 0.3) is 0 Å². The molecule has 0 aliphatic rings. The Morgan fingerprint density at radius 2 is 0.312 bits per heavy atom. The minimum absolute atomic E-state index is 0. The van der Waals surface area contributed by atoms with Crippen LogP contribution in [0.25, 0.3) is 11.2 Å². The van der Waals surface area contributed by atoms with Crippen LogP contribution in [0.15, 0.2) is 0 Å². The summed E-state index contributed by atoms with van der Waals surface area (Å²) in [6, 6.07) is 0. The summed E-state index contributed by atoms with van der Waals surface area (Å²) in [5, 5.41) is 91.3. The third-order valence-corrected chi connectivity index (χ3v) is 0. The number of hydrogen-bond donors (Lipinski definition) is 12. The molecule has 0 rings (SSSR count). The van der Waals surface area contributed by atoms with Crippen molar-refractivity contribution in [2.24, 2.45) is 0 Å². The van der Waals surface area contributed by atoms with Gasteiger partial charge in [-0.25, -0.2) is 0 Å². The number of nitroso groups, excluding NO2 is 2. The standard InChI is InChI=1S/6C2H6O2.2NO.4Pt/c6*1-2(3)4;2*1-2;;;;/h6*2-4H,1H3;;;;;;/q;;;;;;2*-1;;;;. The molecule has 0 bridgehead atoms. The molecule has 0 aromatic carbocycles. The fourth-order valence-corrected chi connectivity index (χ4v) is 0. The number of rotatable bonds is 0. The number of aliphatic hydroxyl groups is 12. The van der Waals surface area contributed by atoms with E-state index in [0.29, 0.717) is 0 Å². The Hall–Kier alpha value is 1.47. The first-order valence-electron chi connectivity index (χ1n) is 6.93. The van der Waals surface area contributed by atoms with E-state index in [0.717, 1.165) is 0 Å². The maximum absolute atomic E-state index is 7.61. The van der Waals surface area contributed by atoms with Crippen LogP contribution in [0.5, 0.6) is 0 Å². The normalized spacial score (nSPS) is 7.00. The van der Waals surface area contributed by atoms with Crippen molar-refractivity contribution < 1.29 is 146 Å². The van der Waals surface area contributed by atoms with Gasteiger partial charge in [0.1, 0.15) is 37.7 Å². The molecule has 0 spiro atoms. The molecule has 0 unspecified atom stereocenters. The Balaban J connectivity index is -0.0000000142. The maximum atomic E-state index is 7.61. The molecule has 20 heteroatoms. The predicted octanol–water partition coefficient (Wildman–Crippen LogP) is -3.46. The topological polar surface area (TPSA) is 321 Å². The van der Waals surface area contributed by atoms with E-state index in [1.165, 1.54) is 41.5 Å². The summed E-state index contributed by atoms with van der Waals surface area (Å²) in [6.45, 7) is 7.67. The van der Waals surface area contributed by atoms with E-state index in [9.17, 15) is 0 Å². The molecule has 12 N–H and O–H groups in total. The molecule has 0 saturated carbocycles. The van der Waals surface area contributed by atoms with Gasteiger partial charge in [0, 0.05) is 84.3 Å². The van der Waals surface area contributed by atoms with Crippen molar-refractivity contribution >= 4 is 0 Å². The summed E-state index contributed by atoms with van der Waals surface area (Å²) in [4.78, 5) is 14.5. The van der Waals surface area contributed by atoms with Crippen LogP contribution in [-0.2, 0) is 84.3 Å². The number of aliphatic hydroxyl groups excluding tert-OH is 6. The van der Waals surface area contributed by atoms with E-state index in [-0.39, 0.29) is 84.3 Å². The van der Waals surface area contributed by atoms with Gasteiger partial charge in [0.05, 0.1) is 0 Å². The second kappa shape index (κ2) is 84.8. The van der Waals surface area contributed by atoms with E-state index in [4.69, 9.17) is 82.3 Å². The number of hydrogen-bond acceptors (Lipinski definition) is 14. The maximum Gasteiger partial charge on any atom is 0.148 e. The molecule has 0 saturated heterocycles. The first kappa shape index (κ1) is 76.6. The fraction of sp³-hybridized carbons (Fsp3) is 1.00. The molecule has 0 heterocycles. The molecule has 0 aromatic rings.